The Hall–Kier alpha value is -1.89. The van der Waals surface area contributed by atoms with Gasteiger partial charge in [0.2, 0.25) is 0 Å². The number of rotatable bonds is 0. The molecule has 9 bridgehead atoms. The first-order valence-electron chi connectivity index (χ1n) is 10.5. The highest BCUT2D eigenvalue weighted by Crippen LogP contribution is 2.67. The fourth-order valence-electron chi connectivity index (χ4n) is 7.68. The minimum Gasteiger partial charge on any atom is -0.299 e. The molecule has 0 aromatic heterocycles. The van der Waals surface area contributed by atoms with Crippen LogP contribution in [0.15, 0.2) is 41.5 Å². The molecule has 4 unspecified atom stereocenters. The summed E-state index contributed by atoms with van der Waals surface area (Å²) in [5.74, 6) is 2.16. The topological polar surface area (TPSA) is 17.1 Å². The molecule has 26 heavy (non-hydrogen) atoms. The Morgan fingerprint density at radius 3 is 2.88 bits per heavy atom. The second-order valence-electron chi connectivity index (χ2n) is 9.60. The summed E-state index contributed by atoms with van der Waals surface area (Å²) < 4.78 is 0. The van der Waals surface area contributed by atoms with Crippen molar-refractivity contribution in [2.45, 2.75) is 57.3 Å². The zero-order chi connectivity index (χ0) is 17.0. The number of ketones is 1. The minimum absolute atomic E-state index is 0.222. The average Bonchev–Trinajstić information content (AvgIpc) is 3.23. The highest BCUT2D eigenvalue weighted by atomic mass is 16.1. The molecular weight excluding hydrogens is 316 g/mol. The lowest BCUT2D eigenvalue weighted by atomic mass is 9.60. The molecule has 0 N–H and O–H groups in total. The summed E-state index contributed by atoms with van der Waals surface area (Å²) in [7, 11) is 0. The van der Waals surface area contributed by atoms with E-state index in [1.54, 1.807) is 11.1 Å². The van der Waals surface area contributed by atoms with Crippen LogP contribution in [0.4, 0.5) is 0 Å². The maximum absolute atomic E-state index is 13.3. The molecule has 0 heterocycles. The predicted octanol–water partition coefficient (Wildman–Crippen LogP) is 5.50. The third kappa shape index (κ3) is 1.54. The molecule has 2 aromatic carbocycles. The first kappa shape index (κ1) is 14.2. The van der Waals surface area contributed by atoms with Crippen LogP contribution in [-0.4, -0.2) is 5.78 Å². The number of hydrogen-bond donors (Lipinski definition) is 0. The van der Waals surface area contributed by atoms with Crippen molar-refractivity contribution in [3.8, 4) is 0 Å². The number of allylic oxidation sites excluding steroid dienone is 2. The Morgan fingerprint density at radius 1 is 1.00 bits per heavy atom. The fraction of sp³-hybridized carbons (Fsp3) is 0.480. The van der Waals surface area contributed by atoms with Gasteiger partial charge in [-0.2, -0.15) is 0 Å². The molecule has 1 heteroatoms. The third-order valence-electron chi connectivity index (χ3n) is 8.66. The first-order chi connectivity index (χ1) is 12.7. The minimum atomic E-state index is 0.222. The van der Waals surface area contributed by atoms with E-state index in [2.05, 4.69) is 30.3 Å². The molecule has 0 aliphatic heterocycles. The summed E-state index contributed by atoms with van der Waals surface area (Å²) in [5.41, 5.74) is 8.06. The Bertz CT molecular complexity index is 1040. The van der Waals surface area contributed by atoms with Gasteiger partial charge in [-0.3, -0.25) is 4.79 Å². The van der Waals surface area contributed by atoms with Crippen molar-refractivity contribution in [2.24, 2.45) is 17.3 Å². The van der Waals surface area contributed by atoms with Crippen LogP contribution in [-0.2, 0) is 17.6 Å². The first-order valence-corrected chi connectivity index (χ1v) is 10.5. The van der Waals surface area contributed by atoms with E-state index < -0.39 is 0 Å². The van der Waals surface area contributed by atoms with Crippen molar-refractivity contribution >= 4 is 16.6 Å². The van der Waals surface area contributed by atoms with Crippen LogP contribution in [0.5, 0.6) is 0 Å². The number of Topliss-reactive ketones (excluding diaryl/α,β-unsaturated/α-hetero) is 1. The molecule has 1 fully saturated rings. The molecule has 0 radical (unpaired) electrons. The van der Waals surface area contributed by atoms with Gasteiger partial charge in [-0.25, -0.2) is 0 Å². The molecule has 0 amide bonds. The summed E-state index contributed by atoms with van der Waals surface area (Å²) in [6.45, 7) is 0. The fourth-order valence-corrected chi connectivity index (χ4v) is 7.68. The highest BCUT2D eigenvalue weighted by molar-refractivity contribution is 5.91. The smallest absolute Gasteiger partial charge is 0.141 e. The second-order valence-corrected chi connectivity index (χ2v) is 9.60. The van der Waals surface area contributed by atoms with Crippen LogP contribution in [0.2, 0.25) is 0 Å². The van der Waals surface area contributed by atoms with Crippen LogP contribution in [0, 0.1) is 17.3 Å². The van der Waals surface area contributed by atoms with Gasteiger partial charge >= 0.3 is 0 Å². The van der Waals surface area contributed by atoms with E-state index in [0.29, 0.717) is 18.1 Å². The number of carbonyl (C=O) groups is 1. The van der Waals surface area contributed by atoms with Gasteiger partial charge in [0.1, 0.15) is 5.78 Å². The molecule has 1 saturated carbocycles. The van der Waals surface area contributed by atoms with Gasteiger partial charge in [0.25, 0.3) is 0 Å². The molecule has 5 aliphatic carbocycles. The van der Waals surface area contributed by atoms with Crippen molar-refractivity contribution in [1.29, 1.82) is 0 Å². The van der Waals surface area contributed by atoms with E-state index in [0.717, 1.165) is 12.3 Å². The molecular formula is C25H24O. The SMILES string of the molecule is O=C1Cc2cc3ccc4cc3cc2CC1C12CCC(C1)C1=C2CCCC14. The van der Waals surface area contributed by atoms with Crippen molar-refractivity contribution < 1.29 is 4.79 Å². The number of fused-ring (bicyclic) bond motifs is 4. The normalized spacial score (nSPS) is 36.5. The monoisotopic (exact) mass is 340 g/mol. The third-order valence-corrected chi connectivity index (χ3v) is 8.66. The number of hydrogen-bond acceptors (Lipinski definition) is 1. The zero-order valence-corrected chi connectivity index (χ0v) is 15.2. The summed E-state index contributed by atoms with van der Waals surface area (Å²) in [4.78, 5) is 13.3. The molecule has 5 aliphatic rings. The van der Waals surface area contributed by atoms with Crippen molar-refractivity contribution in [1.82, 2.24) is 0 Å². The Balaban J connectivity index is 1.60. The Kier molecular flexibility index (Phi) is 2.46. The lowest BCUT2D eigenvalue weighted by molar-refractivity contribution is -0.126. The van der Waals surface area contributed by atoms with Crippen LogP contribution in [0.25, 0.3) is 10.8 Å². The van der Waals surface area contributed by atoms with Gasteiger partial charge in [0, 0.05) is 23.7 Å². The van der Waals surface area contributed by atoms with E-state index in [-0.39, 0.29) is 11.3 Å². The largest absolute Gasteiger partial charge is 0.299 e. The average molecular weight is 340 g/mol. The van der Waals surface area contributed by atoms with Crippen LogP contribution in [0.1, 0.15) is 61.1 Å². The van der Waals surface area contributed by atoms with Gasteiger partial charge in [-0.1, -0.05) is 41.5 Å². The van der Waals surface area contributed by atoms with Gasteiger partial charge in [0.05, 0.1) is 0 Å². The van der Waals surface area contributed by atoms with E-state index in [1.165, 1.54) is 66.0 Å². The van der Waals surface area contributed by atoms with Crippen LogP contribution in [0.3, 0.4) is 0 Å². The van der Waals surface area contributed by atoms with Crippen molar-refractivity contribution in [3.05, 3.63) is 58.2 Å². The number of benzene rings is 2. The summed E-state index contributed by atoms with van der Waals surface area (Å²) in [6, 6.07) is 11.9. The van der Waals surface area contributed by atoms with Gasteiger partial charge in [-0.15, -0.1) is 0 Å². The Morgan fingerprint density at radius 2 is 1.92 bits per heavy atom. The lowest BCUT2D eigenvalue weighted by Crippen LogP contribution is -2.40. The standard InChI is InChI=1S/C25H24O/c26-23-12-19-8-14-4-5-15-9-17(14)10-18(19)11-22(23)25-7-6-16(13-25)24-20(15)2-1-3-21(24)25/h4-5,8-10,16,20,22H,1-3,6-7,11-13H2. The molecule has 1 spiro atoms. The summed E-state index contributed by atoms with van der Waals surface area (Å²) in [6.07, 6.45) is 9.40. The van der Waals surface area contributed by atoms with E-state index in [1.807, 2.05) is 0 Å². The molecule has 2 aromatic rings. The highest BCUT2D eigenvalue weighted by Gasteiger charge is 2.58. The quantitative estimate of drug-likeness (QED) is 0.579. The molecule has 1 nitrogen and oxygen atoms in total. The predicted molar refractivity (Wildman–Crippen MR) is 103 cm³/mol. The zero-order valence-electron chi connectivity index (χ0n) is 15.2. The van der Waals surface area contributed by atoms with E-state index in [4.69, 9.17) is 0 Å². The molecule has 130 valence electrons. The van der Waals surface area contributed by atoms with Gasteiger partial charge in [0.15, 0.2) is 0 Å². The molecule has 7 rings (SSSR count). The molecule has 4 atom stereocenters. The van der Waals surface area contributed by atoms with Crippen molar-refractivity contribution in [2.75, 3.05) is 0 Å². The lowest BCUT2D eigenvalue weighted by Gasteiger charge is -2.43. The van der Waals surface area contributed by atoms with Crippen LogP contribution >= 0.6 is 0 Å². The van der Waals surface area contributed by atoms with Gasteiger partial charge < -0.3 is 0 Å². The van der Waals surface area contributed by atoms with Crippen LogP contribution < -0.4 is 0 Å². The van der Waals surface area contributed by atoms with E-state index in [9.17, 15) is 4.79 Å². The maximum atomic E-state index is 13.3. The van der Waals surface area contributed by atoms with Gasteiger partial charge in [-0.05, 0) is 78.3 Å². The number of carbonyl (C=O) groups excluding carboxylic acids is 1. The maximum Gasteiger partial charge on any atom is 0.141 e. The van der Waals surface area contributed by atoms with E-state index >= 15 is 0 Å². The van der Waals surface area contributed by atoms with Crippen molar-refractivity contribution in [3.63, 3.8) is 0 Å². The molecule has 0 saturated heterocycles. The second kappa shape index (κ2) is 4.50. The Labute approximate surface area is 154 Å². The summed E-state index contributed by atoms with van der Waals surface area (Å²) >= 11 is 0. The summed E-state index contributed by atoms with van der Waals surface area (Å²) in [5, 5.41) is 2.71.